The van der Waals surface area contributed by atoms with Gasteiger partial charge in [0, 0.05) is 18.2 Å². The zero-order valence-corrected chi connectivity index (χ0v) is 19.2. The molecule has 1 aromatic carbocycles. The van der Waals surface area contributed by atoms with Gasteiger partial charge in [-0.15, -0.1) is 0 Å². The van der Waals surface area contributed by atoms with Crippen molar-refractivity contribution >= 4 is 17.0 Å². The molecule has 0 radical (unpaired) electrons. The van der Waals surface area contributed by atoms with Gasteiger partial charge >= 0.3 is 5.97 Å². The zero-order chi connectivity index (χ0) is 24.2. The molecule has 3 aromatic rings. The minimum Gasteiger partial charge on any atom is -0.490 e. The summed E-state index contributed by atoms with van der Waals surface area (Å²) in [6.45, 7) is 3.78. The van der Waals surface area contributed by atoms with Crippen LogP contribution >= 0.6 is 0 Å². The molecule has 8 nitrogen and oxygen atoms in total. The molecule has 34 heavy (non-hydrogen) atoms. The second kappa shape index (κ2) is 10.2. The quantitative estimate of drug-likeness (QED) is 0.379. The largest absolute Gasteiger partial charge is 0.490 e. The van der Waals surface area contributed by atoms with Crippen LogP contribution in [0.4, 0.5) is 4.39 Å². The molecule has 180 valence electrons. The Labute approximate surface area is 195 Å². The molecule has 1 atom stereocenters. The van der Waals surface area contributed by atoms with Crippen LogP contribution < -0.4 is 15.0 Å². The van der Waals surface area contributed by atoms with Gasteiger partial charge in [0.2, 0.25) is 0 Å². The van der Waals surface area contributed by atoms with Crippen molar-refractivity contribution in [2.45, 2.75) is 45.8 Å². The van der Waals surface area contributed by atoms with E-state index < -0.39 is 17.6 Å². The Hall–Kier alpha value is -3.46. The molecule has 4 rings (SSSR count). The normalized spacial score (nSPS) is 14.6. The second-order valence-corrected chi connectivity index (χ2v) is 8.08. The Morgan fingerprint density at radius 2 is 2.06 bits per heavy atom. The Kier molecular flexibility index (Phi) is 7.12. The SMILES string of the molecule is CCCCOc1c(C(=O)OCC)c(=O)n2c3c(c(Cc4ccc(F)cc4)cnc13)OC(CO)C2. The van der Waals surface area contributed by atoms with Crippen molar-refractivity contribution in [3.63, 3.8) is 0 Å². The Morgan fingerprint density at radius 1 is 1.29 bits per heavy atom. The lowest BCUT2D eigenvalue weighted by atomic mass is 10.0. The number of rotatable bonds is 9. The molecule has 0 aliphatic carbocycles. The zero-order valence-electron chi connectivity index (χ0n) is 19.2. The maximum atomic E-state index is 13.5. The second-order valence-electron chi connectivity index (χ2n) is 8.08. The molecule has 1 N–H and O–H groups in total. The highest BCUT2D eigenvalue weighted by Gasteiger charge is 2.32. The van der Waals surface area contributed by atoms with E-state index in [0.717, 1.165) is 18.4 Å². The average Bonchev–Trinajstić information content (AvgIpc) is 2.84. The van der Waals surface area contributed by atoms with E-state index in [4.69, 9.17) is 14.2 Å². The van der Waals surface area contributed by atoms with E-state index in [1.165, 1.54) is 16.7 Å². The maximum absolute atomic E-state index is 13.5. The first-order valence-electron chi connectivity index (χ1n) is 11.4. The minimum atomic E-state index is -0.782. The summed E-state index contributed by atoms with van der Waals surface area (Å²) in [6.07, 6.45) is 2.87. The standard InChI is InChI=1S/C25H27FN2O6/c1-3-5-10-33-23-19(25(31)32-4-2)24(30)28-13-18(14-29)34-22-16(12-27-20(23)21(22)28)11-15-6-8-17(26)9-7-15/h6-9,12,18,29H,3-5,10-11,13-14H2,1-2H3. The number of ether oxygens (including phenoxy) is 3. The monoisotopic (exact) mass is 470 g/mol. The smallest absolute Gasteiger partial charge is 0.347 e. The summed E-state index contributed by atoms with van der Waals surface area (Å²) in [5, 5.41) is 9.82. The molecule has 9 heteroatoms. The van der Waals surface area contributed by atoms with Gasteiger partial charge in [0.1, 0.15) is 23.0 Å². The molecular formula is C25H27FN2O6. The molecule has 3 heterocycles. The number of aliphatic hydroxyl groups is 1. The lowest BCUT2D eigenvalue weighted by Crippen LogP contribution is -2.39. The van der Waals surface area contributed by atoms with Crippen molar-refractivity contribution in [3.05, 3.63) is 63.3 Å². The minimum absolute atomic E-state index is 0.0438. The van der Waals surface area contributed by atoms with Crippen LogP contribution in [0.25, 0.3) is 11.0 Å². The number of carbonyl (C=O) groups is 1. The summed E-state index contributed by atoms with van der Waals surface area (Å²) in [7, 11) is 0. The van der Waals surface area contributed by atoms with E-state index in [0.29, 0.717) is 35.4 Å². The highest BCUT2D eigenvalue weighted by atomic mass is 19.1. The molecular weight excluding hydrogens is 443 g/mol. The van der Waals surface area contributed by atoms with Gasteiger partial charge in [-0.05, 0) is 31.0 Å². The van der Waals surface area contributed by atoms with Crippen LogP contribution in [0.2, 0.25) is 0 Å². The number of hydrogen-bond acceptors (Lipinski definition) is 7. The van der Waals surface area contributed by atoms with Crippen LogP contribution in [0.5, 0.6) is 11.5 Å². The summed E-state index contributed by atoms with van der Waals surface area (Å²) in [6, 6.07) is 6.06. The van der Waals surface area contributed by atoms with E-state index in [1.807, 2.05) is 6.92 Å². The Balaban J connectivity index is 1.94. The molecule has 0 bridgehead atoms. The fourth-order valence-electron chi connectivity index (χ4n) is 3.99. The summed E-state index contributed by atoms with van der Waals surface area (Å²) < 4.78 is 31.9. The third kappa shape index (κ3) is 4.48. The van der Waals surface area contributed by atoms with Crippen LogP contribution in [0.1, 0.15) is 48.2 Å². The predicted molar refractivity (Wildman–Crippen MR) is 123 cm³/mol. The van der Waals surface area contributed by atoms with Crippen LogP contribution in [0, 0.1) is 5.82 Å². The van der Waals surface area contributed by atoms with Gasteiger partial charge in [0.15, 0.2) is 17.1 Å². The number of pyridine rings is 2. The van der Waals surface area contributed by atoms with Crippen molar-refractivity contribution < 1.29 is 28.5 Å². The van der Waals surface area contributed by atoms with E-state index in [-0.39, 0.29) is 36.9 Å². The summed E-state index contributed by atoms with van der Waals surface area (Å²) in [4.78, 5) is 30.8. The van der Waals surface area contributed by atoms with Gasteiger partial charge in [-0.2, -0.15) is 0 Å². The van der Waals surface area contributed by atoms with Crippen molar-refractivity contribution in [1.82, 2.24) is 9.55 Å². The molecule has 0 fully saturated rings. The van der Waals surface area contributed by atoms with Gasteiger partial charge in [-0.3, -0.25) is 14.3 Å². The van der Waals surface area contributed by atoms with E-state index in [1.54, 1.807) is 25.3 Å². The molecule has 2 aromatic heterocycles. The summed E-state index contributed by atoms with van der Waals surface area (Å²) >= 11 is 0. The van der Waals surface area contributed by atoms with E-state index >= 15 is 0 Å². The molecule has 0 saturated heterocycles. The van der Waals surface area contributed by atoms with Gasteiger partial charge < -0.3 is 19.3 Å². The predicted octanol–water partition coefficient (Wildman–Crippen LogP) is 3.24. The Bertz CT molecular complexity index is 1260. The lowest BCUT2D eigenvalue weighted by molar-refractivity contribution is 0.0517. The fraction of sp³-hybridized carbons (Fsp3) is 0.400. The number of halogens is 1. The van der Waals surface area contributed by atoms with Crippen LogP contribution in [0.3, 0.4) is 0 Å². The molecule has 1 unspecified atom stereocenters. The number of nitrogens with zero attached hydrogens (tertiary/aromatic N) is 2. The summed E-state index contributed by atoms with van der Waals surface area (Å²) in [5.74, 6) is -0.667. The first kappa shape index (κ1) is 23.7. The maximum Gasteiger partial charge on any atom is 0.347 e. The average molecular weight is 470 g/mol. The molecule has 0 saturated carbocycles. The van der Waals surface area contributed by atoms with Crippen molar-refractivity contribution in [3.8, 4) is 11.5 Å². The van der Waals surface area contributed by atoms with Crippen molar-refractivity contribution in [2.24, 2.45) is 0 Å². The van der Waals surface area contributed by atoms with Crippen molar-refractivity contribution in [1.29, 1.82) is 0 Å². The number of aromatic nitrogens is 2. The number of hydrogen-bond donors (Lipinski definition) is 1. The fourth-order valence-corrected chi connectivity index (χ4v) is 3.99. The third-order valence-corrected chi connectivity index (χ3v) is 5.66. The molecule has 1 aliphatic heterocycles. The molecule has 1 aliphatic rings. The van der Waals surface area contributed by atoms with Crippen molar-refractivity contribution in [2.75, 3.05) is 19.8 Å². The topological polar surface area (TPSA) is 99.9 Å². The number of unbranched alkanes of at least 4 members (excludes halogenated alkanes) is 1. The highest BCUT2D eigenvalue weighted by Crippen LogP contribution is 2.38. The third-order valence-electron chi connectivity index (χ3n) is 5.66. The lowest BCUT2D eigenvalue weighted by Gasteiger charge is -2.29. The summed E-state index contributed by atoms with van der Waals surface area (Å²) in [5.41, 5.74) is 1.40. The number of carbonyl (C=O) groups excluding carboxylic acids is 1. The highest BCUT2D eigenvalue weighted by molar-refractivity contribution is 6.00. The van der Waals surface area contributed by atoms with E-state index in [9.17, 15) is 19.1 Å². The number of aliphatic hydroxyl groups excluding tert-OH is 1. The van der Waals surface area contributed by atoms with Gasteiger partial charge in [-0.1, -0.05) is 25.5 Å². The van der Waals surface area contributed by atoms with Gasteiger partial charge in [0.05, 0.1) is 26.4 Å². The molecule has 0 amide bonds. The van der Waals surface area contributed by atoms with Crippen LogP contribution in [-0.2, 0) is 17.7 Å². The number of benzene rings is 1. The Morgan fingerprint density at radius 3 is 2.74 bits per heavy atom. The first-order chi connectivity index (χ1) is 16.5. The van der Waals surface area contributed by atoms with Crippen LogP contribution in [0.15, 0.2) is 35.3 Å². The van der Waals surface area contributed by atoms with Gasteiger partial charge in [-0.25, -0.2) is 9.18 Å². The van der Waals surface area contributed by atoms with E-state index in [2.05, 4.69) is 4.98 Å². The van der Waals surface area contributed by atoms with Gasteiger partial charge in [0.25, 0.3) is 5.56 Å². The first-order valence-corrected chi connectivity index (χ1v) is 11.4. The van der Waals surface area contributed by atoms with Crippen LogP contribution in [-0.4, -0.2) is 46.6 Å². The molecule has 0 spiro atoms. The number of esters is 1.